The average molecular weight is 672 g/mol. The number of halogens is 1. The van der Waals surface area contributed by atoms with Gasteiger partial charge in [-0.2, -0.15) is 0 Å². The highest BCUT2D eigenvalue weighted by molar-refractivity contribution is 8.03. The minimum atomic E-state index is -1.42. The van der Waals surface area contributed by atoms with Crippen LogP contribution in [-0.2, 0) is 23.9 Å². The number of carbonyl (C=O) groups is 4. The van der Waals surface area contributed by atoms with Gasteiger partial charge in [0.1, 0.15) is 17.0 Å². The SMILES string of the molecule is CC(C)(C)OC(=O)N[C@@H]1C(=O)N2[C@@H](C(=O)OC(c3ccccc3)c3ccccc3)C(C(=C3CCNC3=O)c3cccc(F)c3O)=CS[C@H]12. The van der Waals surface area contributed by atoms with Gasteiger partial charge in [0.15, 0.2) is 23.7 Å². The minimum absolute atomic E-state index is 0.00998. The number of fused-ring (bicyclic) bond motifs is 1. The molecule has 3 aliphatic heterocycles. The number of amides is 3. The van der Waals surface area contributed by atoms with Gasteiger partial charge in [-0.05, 0) is 49.8 Å². The number of phenolic OH excluding ortho intramolecular Hbond substituents is 1. The zero-order valence-corrected chi connectivity index (χ0v) is 27.3. The van der Waals surface area contributed by atoms with Gasteiger partial charge in [-0.3, -0.25) is 9.59 Å². The number of carbonyl (C=O) groups excluding carboxylic acids is 4. The van der Waals surface area contributed by atoms with Gasteiger partial charge in [0, 0.05) is 28.8 Å². The number of benzene rings is 3. The Labute approximate surface area is 281 Å². The summed E-state index contributed by atoms with van der Waals surface area (Å²) in [7, 11) is 0. The molecule has 0 aromatic heterocycles. The molecule has 248 valence electrons. The van der Waals surface area contributed by atoms with E-state index in [4.69, 9.17) is 9.47 Å². The molecular weight excluding hydrogens is 637 g/mol. The molecule has 3 aliphatic rings. The van der Waals surface area contributed by atoms with E-state index in [0.717, 1.165) is 17.8 Å². The number of phenols is 1. The summed E-state index contributed by atoms with van der Waals surface area (Å²) in [5, 5.41) is 17.1. The van der Waals surface area contributed by atoms with Crippen molar-refractivity contribution in [3.8, 4) is 5.75 Å². The van der Waals surface area contributed by atoms with Crippen molar-refractivity contribution in [3.05, 3.63) is 118 Å². The molecule has 0 saturated carbocycles. The fourth-order valence-electron chi connectivity index (χ4n) is 6.00. The van der Waals surface area contributed by atoms with Crippen molar-refractivity contribution in [2.45, 2.75) is 56.4 Å². The molecule has 0 aliphatic carbocycles. The van der Waals surface area contributed by atoms with Gasteiger partial charge < -0.3 is 30.1 Å². The summed E-state index contributed by atoms with van der Waals surface area (Å²) in [4.78, 5) is 55.5. The molecule has 3 atom stereocenters. The normalized spacial score (nSPS) is 21.5. The third-order valence-electron chi connectivity index (χ3n) is 8.10. The summed E-state index contributed by atoms with van der Waals surface area (Å²) in [5.74, 6) is -3.46. The molecule has 10 nitrogen and oxygen atoms in total. The van der Waals surface area contributed by atoms with Crippen LogP contribution in [0.25, 0.3) is 5.57 Å². The van der Waals surface area contributed by atoms with Gasteiger partial charge >= 0.3 is 12.1 Å². The van der Waals surface area contributed by atoms with Gasteiger partial charge in [-0.25, -0.2) is 14.0 Å². The van der Waals surface area contributed by atoms with E-state index in [0.29, 0.717) is 17.7 Å². The zero-order chi connectivity index (χ0) is 34.2. The van der Waals surface area contributed by atoms with Crippen LogP contribution in [-0.4, -0.2) is 63.5 Å². The number of β-lactam (4-membered cyclic amide) rings is 1. The standard InChI is InChI=1S/C36H34FN3O7S/c1-36(2,3)47-35(45)39-27-32(43)40-28(34(44)46-30(20-11-6-4-7-12-20)21-13-8-5-9-14-21)24(19-48-33(27)40)26(23-17-18-38-31(23)42)22-15-10-16-25(37)29(22)41/h4-16,19,27-28,30,33,41H,17-18H2,1-3H3,(H,38,42)(H,39,45)/t27-,28-,33-/m1/s1. The van der Waals surface area contributed by atoms with E-state index in [1.54, 1.807) is 26.2 Å². The lowest BCUT2D eigenvalue weighted by Crippen LogP contribution is -2.74. The van der Waals surface area contributed by atoms with Crippen molar-refractivity contribution >= 4 is 41.2 Å². The highest BCUT2D eigenvalue weighted by Gasteiger charge is 2.57. The molecule has 3 N–H and O–H groups in total. The van der Waals surface area contributed by atoms with Crippen LogP contribution in [0.15, 0.2) is 95.4 Å². The number of nitrogens with zero attached hydrogens (tertiary/aromatic N) is 1. The Kier molecular flexibility index (Phi) is 9.02. The van der Waals surface area contributed by atoms with E-state index in [1.165, 1.54) is 17.0 Å². The highest BCUT2D eigenvalue weighted by Crippen LogP contribution is 2.48. The van der Waals surface area contributed by atoms with Crippen molar-refractivity contribution in [1.82, 2.24) is 15.5 Å². The van der Waals surface area contributed by atoms with Crippen LogP contribution in [0.4, 0.5) is 9.18 Å². The van der Waals surface area contributed by atoms with Crippen molar-refractivity contribution in [1.29, 1.82) is 0 Å². The number of hydrogen-bond acceptors (Lipinski definition) is 8. The lowest BCUT2D eigenvalue weighted by molar-refractivity contribution is -0.164. The van der Waals surface area contributed by atoms with Crippen LogP contribution in [0, 0.1) is 5.82 Å². The van der Waals surface area contributed by atoms with Crippen LogP contribution in [0.3, 0.4) is 0 Å². The fraction of sp³-hybridized carbons (Fsp3) is 0.278. The molecule has 0 unspecified atom stereocenters. The second kappa shape index (κ2) is 13.2. The molecule has 2 saturated heterocycles. The zero-order valence-electron chi connectivity index (χ0n) is 26.4. The Bertz CT molecular complexity index is 1780. The van der Waals surface area contributed by atoms with Gasteiger partial charge in [-0.15, -0.1) is 11.8 Å². The summed E-state index contributed by atoms with van der Waals surface area (Å²) in [6.45, 7) is 5.39. The van der Waals surface area contributed by atoms with Gasteiger partial charge in [0.2, 0.25) is 11.8 Å². The van der Waals surface area contributed by atoms with E-state index in [2.05, 4.69) is 10.6 Å². The maximum Gasteiger partial charge on any atom is 0.408 e. The van der Waals surface area contributed by atoms with Gasteiger partial charge in [0.05, 0.1) is 0 Å². The van der Waals surface area contributed by atoms with Crippen LogP contribution in [0.2, 0.25) is 0 Å². The molecule has 12 heteroatoms. The molecular formula is C36H34FN3O7S. The fourth-order valence-corrected chi connectivity index (χ4v) is 7.23. The Balaban J connectivity index is 1.45. The predicted octanol–water partition coefficient (Wildman–Crippen LogP) is 5.20. The molecule has 2 fully saturated rings. The van der Waals surface area contributed by atoms with Crippen LogP contribution >= 0.6 is 11.8 Å². The Hall–Kier alpha value is -5.10. The lowest BCUT2D eigenvalue weighted by atomic mass is 9.85. The first-order valence-electron chi connectivity index (χ1n) is 15.4. The van der Waals surface area contributed by atoms with Crippen molar-refractivity contribution in [3.63, 3.8) is 0 Å². The number of ether oxygens (including phenoxy) is 2. The maximum absolute atomic E-state index is 14.8. The predicted molar refractivity (Wildman–Crippen MR) is 177 cm³/mol. The van der Waals surface area contributed by atoms with Crippen molar-refractivity contribution in [2.24, 2.45) is 0 Å². The van der Waals surface area contributed by atoms with Crippen molar-refractivity contribution < 1.29 is 38.1 Å². The quantitative estimate of drug-likeness (QED) is 0.177. The average Bonchev–Trinajstić information content (AvgIpc) is 3.49. The lowest BCUT2D eigenvalue weighted by Gasteiger charge is -2.52. The second-order valence-corrected chi connectivity index (χ2v) is 13.5. The molecule has 3 aromatic carbocycles. The molecule has 3 aromatic rings. The molecule has 6 rings (SSSR count). The molecule has 0 bridgehead atoms. The van der Waals surface area contributed by atoms with Crippen LogP contribution in [0.1, 0.15) is 50.0 Å². The van der Waals surface area contributed by atoms with E-state index < -0.39 is 64.6 Å². The molecule has 48 heavy (non-hydrogen) atoms. The number of thioether (sulfide) groups is 1. The third-order valence-corrected chi connectivity index (χ3v) is 9.27. The Morgan fingerprint density at radius 2 is 1.65 bits per heavy atom. The van der Waals surface area contributed by atoms with Crippen LogP contribution < -0.4 is 10.6 Å². The van der Waals surface area contributed by atoms with E-state index in [1.807, 2.05) is 60.7 Å². The van der Waals surface area contributed by atoms with Gasteiger partial charge in [0.25, 0.3) is 0 Å². The van der Waals surface area contributed by atoms with E-state index >= 15 is 0 Å². The molecule has 3 heterocycles. The summed E-state index contributed by atoms with van der Waals surface area (Å²) in [6, 6.07) is 19.7. The van der Waals surface area contributed by atoms with E-state index in [9.17, 15) is 28.7 Å². The second-order valence-electron chi connectivity index (χ2n) is 12.5. The summed E-state index contributed by atoms with van der Waals surface area (Å²) in [5.41, 5.74) is 1.07. The smallest absolute Gasteiger partial charge is 0.408 e. The summed E-state index contributed by atoms with van der Waals surface area (Å²) < 4.78 is 26.4. The summed E-state index contributed by atoms with van der Waals surface area (Å²) in [6.07, 6.45) is -1.43. The Morgan fingerprint density at radius 3 is 2.23 bits per heavy atom. The first-order valence-corrected chi connectivity index (χ1v) is 16.4. The minimum Gasteiger partial charge on any atom is -0.504 e. The summed E-state index contributed by atoms with van der Waals surface area (Å²) >= 11 is 1.14. The first-order chi connectivity index (χ1) is 22.9. The number of esters is 1. The number of para-hydroxylation sites is 1. The third kappa shape index (κ3) is 6.40. The number of aromatic hydroxyl groups is 1. The highest BCUT2D eigenvalue weighted by atomic mass is 32.2. The number of alkyl carbamates (subject to hydrolysis) is 1. The van der Waals surface area contributed by atoms with E-state index in [-0.39, 0.29) is 28.7 Å². The van der Waals surface area contributed by atoms with Crippen LogP contribution in [0.5, 0.6) is 5.75 Å². The number of hydrogen-bond donors (Lipinski definition) is 3. The largest absolute Gasteiger partial charge is 0.504 e. The number of nitrogens with one attached hydrogen (secondary N) is 2. The molecule has 3 amide bonds. The number of rotatable bonds is 7. The first kappa shape index (κ1) is 32.8. The maximum atomic E-state index is 14.8. The van der Waals surface area contributed by atoms with Gasteiger partial charge in [-0.1, -0.05) is 72.8 Å². The van der Waals surface area contributed by atoms with Crippen molar-refractivity contribution in [2.75, 3.05) is 6.54 Å². The monoisotopic (exact) mass is 671 g/mol. The molecule has 0 spiro atoms. The topological polar surface area (TPSA) is 134 Å². The Morgan fingerprint density at radius 1 is 1.00 bits per heavy atom. The molecule has 0 radical (unpaired) electrons.